The lowest BCUT2D eigenvalue weighted by Crippen LogP contribution is -2.17. The molecule has 0 heterocycles. The number of hydrogen-bond acceptors (Lipinski definition) is 2. The van der Waals surface area contributed by atoms with Gasteiger partial charge in [0.2, 0.25) is 0 Å². The van der Waals surface area contributed by atoms with Gasteiger partial charge in [0.05, 0.1) is 0 Å². The standard InChI is InChI=1S/C10H16N2/c1-7-3-4-9(5-8(2)11)6-10(7)12/h3-4,6,8H,5,11-12H2,1-2H3. The maximum absolute atomic E-state index is 5.76. The molecular formula is C10H16N2. The molecule has 12 heavy (non-hydrogen) atoms. The van der Waals surface area contributed by atoms with E-state index in [1.165, 1.54) is 5.56 Å². The van der Waals surface area contributed by atoms with Gasteiger partial charge >= 0.3 is 0 Å². The first-order valence-corrected chi connectivity index (χ1v) is 4.20. The smallest absolute Gasteiger partial charge is 0.0346 e. The maximum Gasteiger partial charge on any atom is 0.0346 e. The van der Waals surface area contributed by atoms with E-state index in [1.807, 2.05) is 26.0 Å². The van der Waals surface area contributed by atoms with Crippen LogP contribution in [0.15, 0.2) is 18.2 Å². The summed E-state index contributed by atoms with van der Waals surface area (Å²) in [4.78, 5) is 0. The van der Waals surface area contributed by atoms with Crippen molar-refractivity contribution in [1.29, 1.82) is 0 Å². The third-order valence-corrected chi connectivity index (χ3v) is 1.90. The van der Waals surface area contributed by atoms with Crippen molar-refractivity contribution in [2.24, 2.45) is 5.73 Å². The Labute approximate surface area is 73.6 Å². The number of benzene rings is 1. The van der Waals surface area contributed by atoms with Crippen molar-refractivity contribution in [2.75, 3.05) is 5.73 Å². The summed E-state index contributed by atoms with van der Waals surface area (Å²) in [6.07, 6.45) is 0.893. The molecule has 1 unspecified atom stereocenters. The minimum Gasteiger partial charge on any atom is -0.399 e. The molecule has 2 heteroatoms. The molecule has 0 aromatic heterocycles. The van der Waals surface area contributed by atoms with Crippen molar-refractivity contribution in [3.63, 3.8) is 0 Å². The van der Waals surface area contributed by atoms with Gasteiger partial charge in [-0.2, -0.15) is 0 Å². The van der Waals surface area contributed by atoms with Crippen LogP contribution in [-0.4, -0.2) is 6.04 Å². The summed E-state index contributed by atoms with van der Waals surface area (Å²) in [5.74, 6) is 0. The van der Waals surface area contributed by atoms with Gasteiger partial charge in [-0.1, -0.05) is 12.1 Å². The molecule has 0 fully saturated rings. The molecule has 1 rings (SSSR count). The number of anilines is 1. The monoisotopic (exact) mass is 164 g/mol. The van der Waals surface area contributed by atoms with Crippen molar-refractivity contribution in [3.8, 4) is 0 Å². The van der Waals surface area contributed by atoms with Crippen LogP contribution >= 0.6 is 0 Å². The fourth-order valence-electron chi connectivity index (χ4n) is 1.19. The van der Waals surface area contributed by atoms with E-state index >= 15 is 0 Å². The van der Waals surface area contributed by atoms with Crippen molar-refractivity contribution in [3.05, 3.63) is 29.3 Å². The normalized spacial score (nSPS) is 12.9. The highest BCUT2D eigenvalue weighted by molar-refractivity contribution is 5.48. The van der Waals surface area contributed by atoms with Crippen molar-refractivity contribution in [2.45, 2.75) is 26.3 Å². The molecule has 2 nitrogen and oxygen atoms in total. The van der Waals surface area contributed by atoms with E-state index in [9.17, 15) is 0 Å². The average molecular weight is 164 g/mol. The zero-order valence-electron chi connectivity index (χ0n) is 7.67. The predicted molar refractivity (Wildman–Crippen MR) is 52.9 cm³/mol. The number of rotatable bonds is 2. The van der Waals surface area contributed by atoms with E-state index in [0.717, 1.165) is 17.7 Å². The third kappa shape index (κ3) is 2.24. The van der Waals surface area contributed by atoms with Crippen LogP contribution in [0.5, 0.6) is 0 Å². The van der Waals surface area contributed by atoms with Crippen LogP contribution in [0.3, 0.4) is 0 Å². The Kier molecular flexibility index (Phi) is 2.71. The van der Waals surface area contributed by atoms with E-state index in [2.05, 4.69) is 6.07 Å². The summed E-state index contributed by atoms with van der Waals surface area (Å²) in [6.45, 7) is 4.00. The van der Waals surface area contributed by atoms with Crippen LogP contribution < -0.4 is 11.5 Å². The molecule has 1 aromatic rings. The molecule has 0 aliphatic carbocycles. The average Bonchev–Trinajstić information content (AvgIpc) is 1.96. The Morgan fingerprint density at radius 2 is 2.08 bits per heavy atom. The topological polar surface area (TPSA) is 52.0 Å². The molecule has 66 valence electrons. The summed E-state index contributed by atoms with van der Waals surface area (Å²) in [5, 5.41) is 0. The maximum atomic E-state index is 5.76. The number of nitrogens with two attached hydrogens (primary N) is 2. The molecule has 4 N–H and O–H groups in total. The Hall–Kier alpha value is -1.02. The second-order valence-corrected chi connectivity index (χ2v) is 3.37. The Bertz CT molecular complexity index is 267. The van der Waals surface area contributed by atoms with E-state index in [0.29, 0.717) is 0 Å². The second kappa shape index (κ2) is 3.59. The molecule has 0 spiro atoms. The van der Waals surface area contributed by atoms with Gasteiger partial charge in [0.1, 0.15) is 0 Å². The van der Waals surface area contributed by atoms with Gasteiger partial charge in [-0.25, -0.2) is 0 Å². The fraction of sp³-hybridized carbons (Fsp3) is 0.400. The molecule has 0 aliphatic heterocycles. The lowest BCUT2D eigenvalue weighted by molar-refractivity contribution is 0.738. The lowest BCUT2D eigenvalue weighted by Gasteiger charge is -2.07. The third-order valence-electron chi connectivity index (χ3n) is 1.90. The fourth-order valence-corrected chi connectivity index (χ4v) is 1.19. The van der Waals surface area contributed by atoms with Gasteiger partial charge in [0.15, 0.2) is 0 Å². The second-order valence-electron chi connectivity index (χ2n) is 3.37. The van der Waals surface area contributed by atoms with E-state index < -0.39 is 0 Å². The zero-order chi connectivity index (χ0) is 9.14. The predicted octanol–water partition coefficient (Wildman–Crippen LogP) is 1.47. The zero-order valence-corrected chi connectivity index (χ0v) is 7.67. The van der Waals surface area contributed by atoms with Crippen molar-refractivity contribution in [1.82, 2.24) is 0 Å². The minimum absolute atomic E-state index is 0.201. The van der Waals surface area contributed by atoms with Crippen LogP contribution in [0.25, 0.3) is 0 Å². The summed E-state index contributed by atoms with van der Waals surface area (Å²) < 4.78 is 0. The van der Waals surface area contributed by atoms with Crippen molar-refractivity contribution >= 4 is 5.69 Å². The molecule has 0 amide bonds. The molecule has 1 aromatic carbocycles. The van der Waals surface area contributed by atoms with E-state index in [1.54, 1.807) is 0 Å². The molecular weight excluding hydrogens is 148 g/mol. The Morgan fingerprint density at radius 3 is 2.58 bits per heavy atom. The van der Waals surface area contributed by atoms with Gasteiger partial charge in [0.25, 0.3) is 0 Å². The highest BCUT2D eigenvalue weighted by atomic mass is 14.6. The SMILES string of the molecule is Cc1ccc(CC(C)N)cc1N. The van der Waals surface area contributed by atoms with Crippen LogP contribution in [-0.2, 0) is 6.42 Å². The number of hydrogen-bond donors (Lipinski definition) is 2. The van der Waals surface area contributed by atoms with Gasteiger partial charge in [-0.15, -0.1) is 0 Å². The van der Waals surface area contributed by atoms with E-state index in [4.69, 9.17) is 11.5 Å². The van der Waals surface area contributed by atoms with Gasteiger partial charge in [0, 0.05) is 11.7 Å². The molecule has 1 atom stereocenters. The quantitative estimate of drug-likeness (QED) is 0.650. The molecule has 0 aliphatic rings. The van der Waals surface area contributed by atoms with Gasteiger partial charge in [-0.05, 0) is 37.5 Å². The lowest BCUT2D eigenvalue weighted by atomic mass is 10.0. The summed E-state index contributed by atoms with van der Waals surface area (Å²) in [5.41, 5.74) is 14.6. The largest absolute Gasteiger partial charge is 0.399 e. The number of aryl methyl sites for hydroxylation is 1. The molecule has 0 radical (unpaired) electrons. The summed E-state index contributed by atoms with van der Waals surface area (Å²) in [7, 11) is 0. The molecule has 0 saturated carbocycles. The Morgan fingerprint density at radius 1 is 1.42 bits per heavy atom. The summed E-state index contributed by atoms with van der Waals surface area (Å²) in [6, 6.07) is 6.31. The van der Waals surface area contributed by atoms with Crippen LogP contribution in [0.1, 0.15) is 18.1 Å². The highest BCUT2D eigenvalue weighted by Crippen LogP contribution is 2.13. The Balaban J connectivity index is 2.82. The first-order chi connectivity index (χ1) is 5.59. The number of nitrogen functional groups attached to an aromatic ring is 1. The van der Waals surface area contributed by atoms with Crippen LogP contribution in [0.4, 0.5) is 5.69 Å². The first-order valence-electron chi connectivity index (χ1n) is 4.20. The minimum atomic E-state index is 0.201. The van der Waals surface area contributed by atoms with Crippen LogP contribution in [0.2, 0.25) is 0 Å². The highest BCUT2D eigenvalue weighted by Gasteiger charge is 1.99. The first kappa shape index (κ1) is 9.07. The summed E-state index contributed by atoms with van der Waals surface area (Å²) >= 11 is 0. The van der Waals surface area contributed by atoms with Gasteiger partial charge in [-0.3, -0.25) is 0 Å². The molecule has 0 bridgehead atoms. The molecule has 0 saturated heterocycles. The van der Waals surface area contributed by atoms with Crippen LogP contribution in [0, 0.1) is 6.92 Å². The van der Waals surface area contributed by atoms with E-state index in [-0.39, 0.29) is 6.04 Å². The van der Waals surface area contributed by atoms with Crippen molar-refractivity contribution < 1.29 is 0 Å². The van der Waals surface area contributed by atoms with Gasteiger partial charge < -0.3 is 11.5 Å².